The second kappa shape index (κ2) is 7.60. The number of carboxylic acids is 1. The van der Waals surface area contributed by atoms with Crippen LogP contribution in [0.15, 0.2) is 0 Å². The highest BCUT2D eigenvalue weighted by Crippen LogP contribution is 2.09. The monoisotopic (exact) mass is 271 g/mol. The first kappa shape index (κ1) is 15.3. The molecule has 0 spiro atoms. The van der Waals surface area contributed by atoms with Gasteiger partial charge in [-0.25, -0.2) is 4.79 Å². The van der Waals surface area contributed by atoms with Crippen LogP contribution in [0.25, 0.3) is 0 Å². The van der Waals surface area contributed by atoms with Crippen LogP contribution in [0.3, 0.4) is 0 Å². The minimum absolute atomic E-state index is 0.0336. The summed E-state index contributed by atoms with van der Waals surface area (Å²) < 4.78 is 0. The van der Waals surface area contributed by atoms with Crippen molar-refractivity contribution >= 4 is 17.9 Å². The number of aliphatic carboxylic acids is 1. The molecular weight excluding hydrogens is 250 g/mol. The van der Waals surface area contributed by atoms with Gasteiger partial charge in [0, 0.05) is 26.1 Å². The number of piperidine rings is 1. The van der Waals surface area contributed by atoms with Crippen molar-refractivity contribution < 1.29 is 19.5 Å². The van der Waals surface area contributed by atoms with Gasteiger partial charge in [-0.2, -0.15) is 0 Å². The van der Waals surface area contributed by atoms with E-state index in [0.717, 1.165) is 32.4 Å². The Balaban J connectivity index is 2.17. The average molecular weight is 271 g/mol. The number of carbonyl (C=O) groups is 3. The number of rotatable bonds is 5. The molecule has 7 heteroatoms. The Labute approximate surface area is 112 Å². The van der Waals surface area contributed by atoms with E-state index in [2.05, 4.69) is 10.6 Å². The van der Waals surface area contributed by atoms with Crippen molar-refractivity contribution in [3.8, 4) is 0 Å². The van der Waals surface area contributed by atoms with Gasteiger partial charge >= 0.3 is 12.0 Å². The number of carbonyl (C=O) groups excluding carboxylic acids is 2. The van der Waals surface area contributed by atoms with Crippen molar-refractivity contribution in [3.63, 3.8) is 0 Å². The van der Waals surface area contributed by atoms with E-state index in [4.69, 9.17) is 5.11 Å². The molecule has 0 aromatic carbocycles. The highest BCUT2D eigenvalue weighted by molar-refractivity contribution is 5.82. The molecule has 0 bridgehead atoms. The molecule has 1 fully saturated rings. The molecule has 3 amide bonds. The van der Waals surface area contributed by atoms with Crippen molar-refractivity contribution in [3.05, 3.63) is 0 Å². The molecule has 1 heterocycles. The van der Waals surface area contributed by atoms with Crippen molar-refractivity contribution in [2.24, 2.45) is 0 Å². The quantitative estimate of drug-likeness (QED) is 0.663. The lowest BCUT2D eigenvalue weighted by molar-refractivity contribution is -0.138. The van der Waals surface area contributed by atoms with Gasteiger partial charge in [-0.15, -0.1) is 0 Å². The molecular formula is C12H21N3O4. The van der Waals surface area contributed by atoms with E-state index in [9.17, 15) is 14.4 Å². The first-order valence-corrected chi connectivity index (χ1v) is 6.55. The number of nitrogens with one attached hydrogen (secondary N) is 2. The van der Waals surface area contributed by atoms with E-state index >= 15 is 0 Å². The summed E-state index contributed by atoms with van der Waals surface area (Å²) in [5.41, 5.74) is 0. The van der Waals surface area contributed by atoms with Crippen molar-refractivity contribution in [2.75, 3.05) is 19.6 Å². The molecule has 0 aromatic heterocycles. The lowest BCUT2D eigenvalue weighted by atomic mass is 10.1. The zero-order valence-corrected chi connectivity index (χ0v) is 11.1. The predicted octanol–water partition coefficient (Wildman–Crippen LogP) is 0.161. The Kier molecular flexibility index (Phi) is 6.11. The van der Waals surface area contributed by atoms with Gasteiger partial charge in [0.25, 0.3) is 0 Å². The molecule has 1 saturated heterocycles. The third-order valence-electron chi connectivity index (χ3n) is 3.05. The number of urea groups is 1. The van der Waals surface area contributed by atoms with E-state index in [1.807, 2.05) is 4.90 Å². The Morgan fingerprint density at radius 1 is 1.21 bits per heavy atom. The van der Waals surface area contributed by atoms with Crippen LogP contribution in [0, 0.1) is 0 Å². The summed E-state index contributed by atoms with van der Waals surface area (Å²) in [5, 5.41) is 13.3. The molecule has 1 aliphatic heterocycles. The topological polar surface area (TPSA) is 98.7 Å². The summed E-state index contributed by atoms with van der Waals surface area (Å²) in [4.78, 5) is 35.4. The molecule has 1 aliphatic rings. The van der Waals surface area contributed by atoms with Gasteiger partial charge < -0.3 is 20.6 Å². The first-order valence-electron chi connectivity index (χ1n) is 6.55. The summed E-state index contributed by atoms with van der Waals surface area (Å²) in [6.45, 7) is 3.18. The van der Waals surface area contributed by atoms with Crippen LogP contribution in [-0.2, 0) is 9.59 Å². The van der Waals surface area contributed by atoms with Crippen LogP contribution in [0.2, 0.25) is 0 Å². The van der Waals surface area contributed by atoms with Crippen LogP contribution >= 0.6 is 0 Å². The van der Waals surface area contributed by atoms with Gasteiger partial charge in [0.15, 0.2) is 0 Å². The van der Waals surface area contributed by atoms with Gasteiger partial charge in [-0.1, -0.05) is 0 Å². The molecule has 0 aliphatic carbocycles. The van der Waals surface area contributed by atoms with Crippen molar-refractivity contribution in [1.29, 1.82) is 0 Å². The molecule has 0 radical (unpaired) electrons. The van der Waals surface area contributed by atoms with Crippen LogP contribution in [-0.4, -0.2) is 53.6 Å². The molecule has 1 unspecified atom stereocenters. The number of amides is 3. The molecule has 1 rings (SSSR count). The molecule has 3 N–H and O–H groups in total. The lowest BCUT2D eigenvalue weighted by Crippen LogP contribution is -2.45. The SMILES string of the molecule is CC(NC(=O)NCCC(=O)N1CCCCC1)C(=O)O. The largest absolute Gasteiger partial charge is 0.480 e. The number of likely N-dealkylation sites (tertiary alicyclic amines) is 1. The van der Waals surface area contributed by atoms with Gasteiger partial charge in [0.1, 0.15) is 6.04 Å². The highest BCUT2D eigenvalue weighted by atomic mass is 16.4. The van der Waals surface area contributed by atoms with E-state index in [1.54, 1.807) is 0 Å². The number of nitrogens with zero attached hydrogens (tertiary/aromatic N) is 1. The van der Waals surface area contributed by atoms with Crippen LogP contribution in [0.1, 0.15) is 32.6 Å². The predicted molar refractivity (Wildman–Crippen MR) is 68.7 cm³/mol. The third-order valence-corrected chi connectivity index (χ3v) is 3.05. The maximum Gasteiger partial charge on any atom is 0.325 e. The second-order valence-electron chi connectivity index (χ2n) is 4.65. The van der Waals surface area contributed by atoms with Crippen LogP contribution in [0.5, 0.6) is 0 Å². The lowest BCUT2D eigenvalue weighted by Gasteiger charge is -2.26. The van der Waals surface area contributed by atoms with E-state index < -0.39 is 18.0 Å². The summed E-state index contributed by atoms with van der Waals surface area (Å²) in [6.07, 6.45) is 3.48. The van der Waals surface area contributed by atoms with Crippen LogP contribution in [0.4, 0.5) is 4.79 Å². The van der Waals surface area contributed by atoms with Gasteiger partial charge in [-0.3, -0.25) is 9.59 Å². The normalized spacial score (nSPS) is 16.6. The Morgan fingerprint density at radius 3 is 2.42 bits per heavy atom. The minimum atomic E-state index is -1.10. The first-order chi connectivity index (χ1) is 9.00. The summed E-state index contributed by atoms with van der Waals surface area (Å²) in [7, 11) is 0. The average Bonchev–Trinajstić information content (AvgIpc) is 2.39. The number of hydrogen-bond acceptors (Lipinski definition) is 3. The summed E-state index contributed by atoms with van der Waals surface area (Å²) in [5.74, 6) is -1.06. The van der Waals surface area contributed by atoms with E-state index in [0.29, 0.717) is 0 Å². The fourth-order valence-electron chi connectivity index (χ4n) is 1.89. The molecule has 108 valence electrons. The summed E-state index contributed by atoms with van der Waals surface area (Å²) >= 11 is 0. The minimum Gasteiger partial charge on any atom is -0.480 e. The zero-order valence-electron chi connectivity index (χ0n) is 11.1. The molecule has 1 atom stereocenters. The number of hydrogen-bond donors (Lipinski definition) is 3. The smallest absolute Gasteiger partial charge is 0.325 e. The maximum absolute atomic E-state index is 11.8. The maximum atomic E-state index is 11.8. The molecule has 19 heavy (non-hydrogen) atoms. The Bertz CT molecular complexity index is 340. The second-order valence-corrected chi connectivity index (χ2v) is 4.65. The van der Waals surface area contributed by atoms with E-state index in [-0.39, 0.29) is 18.9 Å². The fraction of sp³-hybridized carbons (Fsp3) is 0.750. The summed E-state index contributed by atoms with van der Waals surface area (Å²) in [6, 6.07) is -1.51. The number of carboxylic acid groups (broad SMARTS) is 1. The fourth-order valence-corrected chi connectivity index (χ4v) is 1.89. The zero-order chi connectivity index (χ0) is 14.3. The Hall–Kier alpha value is -1.79. The van der Waals surface area contributed by atoms with Gasteiger partial charge in [0.2, 0.25) is 5.91 Å². The van der Waals surface area contributed by atoms with Crippen molar-refractivity contribution in [1.82, 2.24) is 15.5 Å². The highest BCUT2D eigenvalue weighted by Gasteiger charge is 2.17. The third kappa shape index (κ3) is 5.58. The van der Waals surface area contributed by atoms with Gasteiger partial charge in [0.05, 0.1) is 0 Å². The molecule has 7 nitrogen and oxygen atoms in total. The Morgan fingerprint density at radius 2 is 1.84 bits per heavy atom. The van der Waals surface area contributed by atoms with E-state index in [1.165, 1.54) is 6.92 Å². The standard InChI is InChI=1S/C12H21N3O4/c1-9(11(17)18)14-12(19)13-6-5-10(16)15-7-3-2-4-8-15/h9H,2-8H2,1H3,(H,17,18)(H2,13,14,19). The van der Waals surface area contributed by atoms with Crippen molar-refractivity contribution in [2.45, 2.75) is 38.6 Å². The molecule has 0 saturated carbocycles. The molecule has 0 aromatic rings. The van der Waals surface area contributed by atoms with Gasteiger partial charge in [-0.05, 0) is 26.2 Å². The van der Waals surface area contributed by atoms with Crippen LogP contribution < -0.4 is 10.6 Å².